The van der Waals surface area contributed by atoms with Gasteiger partial charge in [-0.2, -0.15) is 5.26 Å². The van der Waals surface area contributed by atoms with Crippen LogP contribution in [0.2, 0.25) is 5.02 Å². The van der Waals surface area contributed by atoms with Crippen LogP contribution in [0.15, 0.2) is 36.5 Å². The molecule has 0 bridgehead atoms. The normalized spacial score (nSPS) is 10.5. The molecular formula is C14H11ClN6. The van der Waals surface area contributed by atoms with E-state index in [1.54, 1.807) is 12.1 Å². The van der Waals surface area contributed by atoms with Crippen LogP contribution in [0.3, 0.4) is 0 Å². The Balaban J connectivity index is 1.90. The van der Waals surface area contributed by atoms with Gasteiger partial charge in [0.15, 0.2) is 17.2 Å². The first kappa shape index (κ1) is 13.3. The van der Waals surface area contributed by atoms with E-state index in [9.17, 15) is 0 Å². The maximum absolute atomic E-state index is 8.98. The Kier molecular flexibility index (Phi) is 3.42. The molecule has 0 saturated heterocycles. The first-order valence-electron chi connectivity index (χ1n) is 6.25. The number of fused-ring (bicyclic) bond motifs is 1. The van der Waals surface area contributed by atoms with Crippen molar-refractivity contribution in [1.29, 1.82) is 5.26 Å². The van der Waals surface area contributed by atoms with Gasteiger partial charge in [-0.3, -0.25) is 4.40 Å². The molecule has 0 spiro atoms. The molecule has 7 heteroatoms. The minimum Gasteiger partial charge on any atom is -0.352 e. The summed E-state index contributed by atoms with van der Waals surface area (Å²) in [4.78, 5) is 6.12. The van der Waals surface area contributed by atoms with Crippen molar-refractivity contribution in [2.24, 2.45) is 0 Å². The molecule has 3 aromatic rings. The average Bonchev–Trinajstić information content (AvgIpc) is 2.91. The average molecular weight is 299 g/mol. The highest BCUT2D eigenvalue weighted by atomic mass is 35.5. The van der Waals surface area contributed by atoms with E-state index in [4.69, 9.17) is 16.9 Å². The van der Waals surface area contributed by atoms with Gasteiger partial charge in [0, 0.05) is 13.2 Å². The van der Waals surface area contributed by atoms with Crippen LogP contribution in [0.1, 0.15) is 11.5 Å². The molecule has 104 valence electrons. The lowest BCUT2D eigenvalue weighted by atomic mass is 10.3. The van der Waals surface area contributed by atoms with Crippen LogP contribution in [-0.2, 0) is 6.54 Å². The van der Waals surface area contributed by atoms with Gasteiger partial charge in [-0.25, -0.2) is 4.98 Å². The molecule has 0 unspecified atom stereocenters. The second kappa shape index (κ2) is 5.38. The first-order chi connectivity index (χ1) is 10.2. The highest BCUT2D eigenvalue weighted by Crippen LogP contribution is 2.19. The molecule has 0 aromatic carbocycles. The van der Waals surface area contributed by atoms with Gasteiger partial charge in [-0.05, 0) is 24.3 Å². The maximum Gasteiger partial charge on any atom is 0.161 e. The summed E-state index contributed by atoms with van der Waals surface area (Å²) in [6.07, 6.45) is 1.91. The summed E-state index contributed by atoms with van der Waals surface area (Å²) in [5.41, 5.74) is 1.01. The largest absolute Gasteiger partial charge is 0.352 e. The smallest absolute Gasteiger partial charge is 0.161 e. The van der Waals surface area contributed by atoms with Crippen LogP contribution in [0.25, 0.3) is 5.65 Å². The lowest BCUT2D eigenvalue weighted by molar-refractivity contribution is 0.809. The molecule has 0 N–H and O–H groups in total. The van der Waals surface area contributed by atoms with Crippen molar-refractivity contribution in [2.75, 3.05) is 11.9 Å². The number of hydrogen-bond acceptors (Lipinski definition) is 5. The molecule has 0 aliphatic rings. The Morgan fingerprint density at radius 1 is 1.29 bits per heavy atom. The molecule has 0 fully saturated rings. The van der Waals surface area contributed by atoms with E-state index in [0.717, 1.165) is 11.5 Å². The van der Waals surface area contributed by atoms with Crippen molar-refractivity contribution in [3.05, 3.63) is 53.1 Å². The highest BCUT2D eigenvalue weighted by molar-refractivity contribution is 6.31. The van der Waals surface area contributed by atoms with E-state index in [-0.39, 0.29) is 5.69 Å². The van der Waals surface area contributed by atoms with Crippen molar-refractivity contribution in [3.63, 3.8) is 0 Å². The number of anilines is 1. The number of halogens is 1. The molecule has 0 atom stereocenters. The van der Waals surface area contributed by atoms with Crippen molar-refractivity contribution in [2.45, 2.75) is 6.54 Å². The fraction of sp³-hybridized carbons (Fsp3) is 0.143. The summed E-state index contributed by atoms with van der Waals surface area (Å²) in [5.74, 6) is 1.45. The lowest BCUT2D eigenvalue weighted by Crippen LogP contribution is -2.19. The van der Waals surface area contributed by atoms with E-state index in [2.05, 4.69) is 15.2 Å². The van der Waals surface area contributed by atoms with Crippen molar-refractivity contribution in [3.8, 4) is 6.07 Å². The van der Waals surface area contributed by atoms with Crippen LogP contribution in [0.5, 0.6) is 0 Å². The van der Waals surface area contributed by atoms with Gasteiger partial charge >= 0.3 is 0 Å². The molecule has 0 radical (unpaired) electrons. The zero-order valence-electron chi connectivity index (χ0n) is 11.2. The zero-order valence-corrected chi connectivity index (χ0v) is 12.0. The fourth-order valence-electron chi connectivity index (χ4n) is 2.01. The molecule has 0 aliphatic carbocycles. The second-order valence-electron chi connectivity index (χ2n) is 4.51. The molecule has 3 rings (SSSR count). The predicted octanol–water partition coefficient (Wildman–Crippen LogP) is 2.29. The van der Waals surface area contributed by atoms with Gasteiger partial charge in [-0.15, -0.1) is 10.2 Å². The van der Waals surface area contributed by atoms with E-state index in [1.807, 2.05) is 46.8 Å². The lowest BCUT2D eigenvalue weighted by Gasteiger charge is -2.17. The number of hydrogen-bond donors (Lipinski definition) is 0. The Bertz CT molecular complexity index is 835. The van der Waals surface area contributed by atoms with Crippen LogP contribution in [0.4, 0.5) is 5.82 Å². The Morgan fingerprint density at radius 3 is 2.95 bits per heavy atom. The van der Waals surface area contributed by atoms with Gasteiger partial charge in [0.2, 0.25) is 0 Å². The molecule has 3 aromatic heterocycles. The third-order valence-electron chi connectivity index (χ3n) is 3.09. The monoisotopic (exact) mass is 298 g/mol. The number of nitriles is 1. The zero-order chi connectivity index (χ0) is 14.8. The minimum atomic E-state index is 0.215. The topological polar surface area (TPSA) is 70.1 Å². The van der Waals surface area contributed by atoms with Crippen molar-refractivity contribution >= 4 is 23.1 Å². The number of pyridine rings is 2. The third-order valence-corrected chi connectivity index (χ3v) is 3.40. The first-order valence-corrected chi connectivity index (χ1v) is 6.63. The van der Waals surface area contributed by atoms with Crippen LogP contribution in [0, 0.1) is 11.3 Å². The van der Waals surface area contributed by atoms with Crippen molar-refractivity contribution in [1.82, 2.24) is 19.6 Å². The van der Waals surface area contributed by atoms with Gasteiger partial charge < -0.3 is 4.90 Å². The Hall–Kier alpha value is -2.65. The molecule has 6 nitrogen and oxygen atoms in total. The SMILES string of the molecule is CN(Cc1nnc2ccccn12)c1ccc(Cl)c(C#N)n1. The molecular weight excluding hydrogens is 288 g/mol. The summed E-state index contributed by atoms with van der Waals surface area (Å²) < 4.78 is 1.91. The van der Waals surface area contributed by atoms with Gasteiger partial charge in [0.1, 0.15) is 11.9 Å². The van der Waals surface area contributed by atoms with Crippen molar-refractivity contribution < 1.29 is 0 Å². The van der Waals surface area contributed by atoms with E-state index >= 15 is 0 Å². The predicted molar refractivity (Wildman–Crippen MR) is 79.1 cm³/mol. The fourth-order valence-corrected chi connectivity index (χ4v) is 2.16. The van der Waals surface area contributed by atoms with E-state index in [1.165, 1.54) is 0 Å². The standard InChI is InChI=1S/C14H11ClN6/c1-20(12-6-5-10(15)11(8-16)17-12)9-14-19-18-13-4-2-3-7-21(13)14/h2-7H,9H2,1H3. The third kappa shape index (κ3) is 2.51. The summed E-state index contributed by atoms with van der Waals surface area (Å²) in [7, 11) is 1.88. The summed E-state index contributed by atoms with van der Waals surface area (Å²) >= 11 is 5.89. The van der Waals surface area contributed by atoms with E-state index in [0.29, 0.717) is 17.4 Å². The molecule has 0 aliphatic heterocycles. The quantitative estimate of drug-likeness (QED) is 0.742. The highest BCUT2D eigenvalue weighted by Gasteiger charge is 2.11. The van der Waals surface area contributed by atoms with Gasteiger partial charge in [0.05, 0.1) is 11.6 Å². The molecule has 0 amide bonds. The molecule has 3 heterocycles. The van der Waals surface area contributed by atoms with Crippen LogP contribution >= 0.6 is 11.6 Å². The van der Waals surface area contributed by atoms with Crippen LogP contribution in [-0.4, -0.2) is 26.6 Å². The molecule has 21 heavy (non-hydrogen) atoms. The number of nitrogens with zero attached hydrogens (tertiary/aromatic N) is 6. The minimum absolute atomic E-state index is 0.215. The summed E-state index contributed by atoms with van der Waals surface area (Å²) in [5, 5.41) is 17.6. The Labute approximate surface area is 126 Å². The summed E-state index contributed by atoms with van der Waals surface area (Å²) in [6, 6.07) is 11.1. The second-order valence-corrected chi connectivity index (χ2v) is 4.92. The maximum atomic E-state index is 8.98. The summed E-state index contributed by atoms with van der Waals surface area (Å²) in [6.45, 7) is 0.519. The van der Waals surface area contributed by atoms with Gasteiger partial charge in [0.25, 0.3) is 0 Å². The number of aromatic nitrogens is 4. The molecule has 0 saturated carbocycles. The van der Waals surface area contributed by atoms with Gasteiger partial charge in [-0.1, -0.05) is 17.7 Å². The van der Waals surface area contributed by atoms with Crippen LogP contribution < -0.4 is 4.90 Å². The number of rotatable bonds is 3. The Morgan fingerprint density at radius 2 is 2.14 bits per heavy atom. The van der Waals surface area contributed by atoms with E-state index < -0.39 is 0 Å².